The summed E-state index contributed by atoms with van der Waals surface area (Å²) in [7, 11) is 0. The molecule has 52 heavy (non-hydrogen) atoms. The molecule has 0 spiro atoms. The highest BCUT2D eigenvalue weighted by atomic mass is 15.0. The van der Waals surface area contributed by atoms with E-state index in [1.165, 1.54) is 43.4 Å². The minimum atomic E-state index is 0.642. The lowest BCUT2D eigenvalue weighted by Gasteiger charge is -2.13. The van der Waals surface area contributed by atoms with E-state index >= 15 is 0 Å². The predicted molar refractivity (Wildman–Crippen MR) is 217 cm³/mol. The molecule has 0 aliphatic carbocycles. The first-order chi connectivity index (χ1) is 25.7. The van der Waals surface area contributed by atoms with E-state index < -0.39 is 0 Å². The zero-order chi connectivity index (χ0) is 34.4. The SMILES string of the molecule is c1ccc(-c2nc(-c3ccc4cc(-c5cccc6ccccc56)ccc4c3)nc(-c3cc(-c4ccc5ccccc5c4)c4ccccc4c3)n2)cc1. The second kappa shape index (κ2) is 12.4. The van der Waals surface area contributed by atoms with Crippen LogP contribution in [0, 0.1) is 0 Å². The van der Waals surface area contributed by atoms with Gasteiger partial charge in [0.2, 0.25) is 0 Å². The molecular weight excluding hydrogens is 631 g/mol. The van der Waals surface area contributed by atoms with Crippen LogP contribution in [0.4, 0.5) is 0 Å². The zero-order valence-electron chi connectivity index (χ0n) is 28.2. The fraction of sp³-hybridized carbons (Fsp3) is 0. The predicted octanol–water partition coefficient (Wildman–Crippen LogP) is 12.8. The van der Waals surface area contributed by atoms with Crippen molar-refractivity contribution in [3.63, 3.8) is 0 Å². The van der Waals surface area contributed by atoms with Crippen LogP contribution in [0.1, 0.15) is 0 Å². The topological polar surface area (TPSA) is 38.7 Å². The molecule has 0 fully saturated rings. The van der Waals surface area contributed by atoms with Gasteiger partial charge in [-0.15, -0.1) is 0 Å². The number of hydrogen-bond acceptors (Lipinski definition) is 3. The number of rotatable bonds is 5. The lowest BCUT2D eigenvalue weighted by Crippen LogP contribution is -2.00. The number of aromatic nitrogens is 3. The van der Waals surface area contributed by atoms with Crippen molar-refractivity contribution in [2.75, 3.05) is 0 Å². The van der Waals surface area contributed by atoms with E-state index in [1.54, 1.807) is 0 Å². The van der Waals surface area contributed by atoms with Gasteiger partial charge in [-0.25, -0.2) is 15.0 Å². The van der Waals surface area contributed by atoms with Crippen molar-refractivity contribution >= 4 is 43.1 Å². The molecule has 1 aromatic heterocycles. The Labute approximate surface area is 301 Å². The third-order valence-electron chi connectivity index (χ3n) is 10.0. The van der Waals surface area contributed by atoms with Crippen molar-refractivity contribution in [1.82, 2.24) is 15.0 Å². The van der Waals surface area contributed by atoms with Gasteiger partial charge in [-0.05, 0) is 95.7 Å². The van der Waals surface area contributed by atoms with Gasteiger partial charge in [0, 0.05) is 16.7 Å². The maximum Gasteiger partial charge on any atom is 0.164 e. The van der Waals surface area contributed by atoms with Gasteiger partial charge >= 0.3 is 0 Å². The molecule has 10 rings (SSSR count). The van der Waals surface area contributed by atoms with E-state index in [9.17, 15) is 0 Å². The van der Waals surface area contributed by atoms with Crippen LogP contribution in [0.5, 0.6) is 0 Å². The smallest absolute Gasteiger partial charge is 0.164 e. The van der Waals surface area contributed by atoms with Gasteiger partial charge in [0.05, 0.1) is 0 Å². The van der Waals surface area contributed by atoms with E-state index in [-0.39, 0.29) is 0 Å². The average molecular weight is 662 g/mol. The molecule has 0 saturated carbocycles. The monoisotopic (exact) mass is 661 g/mol. The third-order valence-corrected chi connectivity index (χ3v) is 10.0. The van der Waals surface area contributed by atoms with Gasteiger partial charge in [0.15, 0.2) is 17.5 Å². The van der Waals surface area contributed by atoms with Gasteiger partial charge in [-0.1, -0.05) is 158 Å². The van der Waals surface area contributed by atoms with Crippen LogP contribution in [0.25, 0.3) is 99.5 Å². The second-order valence-corrected chi connectivity index (χ2v) is 13.3. The standard InChI is InChI=1S/C49H31N3/c1-2-13-34(14-3-1)47-50-48(41-26-23-36-28-39(25-22-37(36)29-41)44-20-10-17-33-12-6-8-18-43(33)44)52-49(51-47)42-30-38-16-7-9-19-45(38)46(31-42)40-24-21-32-11-4-5-15-35(32)27-40/h1-31H. The van der Waals surface area contributed by atoms with Crippen LogP contribution < -0.4 is 0 Å². The summed E-state index contributed by atoms with van der Waals surface area (Å²) in [5, 5.41) is 9.56. The van der Waals surface area contributed by atoms with Crippen LogP contribution >= 0.6 is 0 Å². The van der Waals surface area contributed by atoms with Crippen molar-refractivity contribution in [3.05, 3.63) is 188 Å². The van der Waals surface area contributed by atoms with Crippen molar-refractivity contribution in [2.24, 2.45) is 0 Å². The van der Waals surface area contributed by atoms with Crippen LogP contribution in [0.3, 0.4) is 0 Å². The molecule has 0 aliphatic rings. The summed E-state index contributed by atoms with van der Waals surface area (Å²) in [6.07, 6.45) is 0. The summed E-state index contributed by atoms with van der Waals surface area (Å²) in [5.74, 6) is 1.93. The Bertz CT molecular complexity index is 2960. The van der Waals surface area contributed by atoms with E-state index in [4.69, 9.17) is 15.0 Å². The summed E-state index contributed by atoms with van der Waals surface area (Å²) in [5.41, 5.74) is 7.58. The maximum absolute atomic E-state index is 5.17. The van der Waals surface area contributed by atoms with Crippen molar-refractivity contribution in [1.29, 1.82) is 0 Å². The van der Waals surface area contributed by atoms with E-state index in [2.05, 4.69) is 170 Å². The summed E-state index contributed by atoms with van der Waals surface area (Å²) in [6.45, 7) is 0. The molecule has 0 bridgehead atoms. The van der Waals surface area contributed by atoms with Gasteiger partial charge < -0.3 is 0 Å². The Balaban J connectivity index is 1.12. The van der Waals surface area contributed by atoms with Crippen LogP contribution in [0.15, 0.2) is 188 Å². The van der Waals surface area contributed by atoms with E-state index in [1.807, 2.05) is 18.2 Å². The van der Waals surface area contributed by atoms with Crippen LogP contribution in [0.2, 0.25) is 0 Å². The lowest BCUT2D eigenvalue weighted by molar-refractivity contribution is 1.08. The summed E-state index contributed by atoms with van der Waals surface area (Å²) in [6, 6.07) is 66.6. The van der Waals surface area contributed by atoms with Crippen molar-refractivity contribution < 1.29 is 0 Å². The second-order valence-electron chi connectivity index (χ2n) is 13.3. The molecule has 0 radical (unpaired) electrons. The quantitative estimate of drug-likeness (QED) is 0.184. The van der Waals surface area contributed by atoms with Crippen LogP contribution in [-0.4, -0.2) is 15.0 Å². The number of fused-ring (bicyclic) bond motifs is 4. The molecular formula is C49H31N3. The first-order valence-electron chi connectivity index (χ1n) is 17.6. The van der Waals surface area contributed by atoms with E-state index in [0.717, 1.165) is 38.6 Å². The average Bonchev–Trinajstić information content (AvgIpc) is 3.22. The van der Waals surface area contributed by atoms with Crippen molar-refractivity contribution in [3.8, 4) is 56.4 Å². The largest absolute Gasteiger partial charge is 0.208 e. The van der Waals surface area contributed by atoms with Crippen molar-refractivity contribution in [2.45, 2.75) is 0 Å². The molecule has 242 valence electrons. The Morgan fingerprint density at radius 3 is 1.44 bits per heavy atom. The molecule has 0 amide bonds. The molecule has 0 N–H and O–H groups in total. The number of benzene rings is 9. The maximum atomic E-state index is 5.17. The summed E-state index contributed by atoms with van der Waals surface area (Å²) >= 11 is 0. The molecule has 1 heterocycles. The fourth-order valence-electron chi connectivity index (χ4n) is 7.42. The van der Waals surface area contributed by atoms with Gasteiger partial charge in [-0.2, -0.15) is 0 Å². The molecule has 3 nitrogen and oxygen atoms in total. The Kier molecular flexibility index (Phi) is 7.14. The highest BCUT2D eigenvalue weighted by molar-refractivity contribution is 6.02. The Morgan fingerprint density at radius 1 is 0.231 bits per heavy atom. The number of nitrogens with zero attached hydrogens (tertiary/aromatic N) is 3. The zero-order valence-corrected chi connectivity index (χ0v) is 28.2. The molecule has 3 heteroatoms. The highest BCUT2D eigenvalue weighted by Gasteiger charge is 2.16. The van der Waals surface area contributed by atoms with Gasteiger partial charge in [0.1, 0.15) is 0 Å². The number of hydrogen-bond donors (Lipinski definition) is 0. The molecule has 0 unspecified atom stereocenters. The first-order valence-corrected chi connectivity index (χ1v) is 17.6. The minimum absolute atomic E-state index is 0.642. The first kappa shape index (κ1) is 29.9. The lowest BCUT2D eigenvalue weighted by atomic mass is 9.94. The van der Waals surface area contributed by atoms with Gasteiger partial charge in [-0.3, -0.25) is 0 Å². The minimum Gasteiger partial charge on any atom is -0.208 e. The Hall–Kier alpha value is -6.97. The highest BCUT2D eigenvalue weighted by Crippen LogP contribution is 2.37. The molecule has 0 saturated heterocycles. The van der Waals surface area contributed by atoms with Crippen LogP contribution in [-0.2, 0) is 0 Å². The molecule has 10 aromatic rings. The van der Waals surface area contributed by atoms with Gasteiger partial charge in [0.25, 0.3) is 0 Å². The summed E-state index contributed by atoms with van der Waals surface area (Å²) in [4.78, 5) is 15.3. The molecule has 0 atom stereocenters. The molecule has 9 aromatic carbocycles. The Morgan fingerprint density at radius 2 is 0.692 bits per heavy atom. The molecule has 0 aliphatic heterocycles. The summed E-state index contributed by atoms with van der Waals surface area (Å²) < 4.78 is 0. The normalized spacial score (nSPS) is 11.5. The third kappa shape index (κ3) is 5.37. The fourth-order valence-corrected chi connectivity index (χ4v) is 7.42. The van der Waals surface area contributed by atoms with E-state index in [0.29, 0.717) is 17.5 Å².